The van der Waals surface area contributed by atoms with E-state index in [1.165, 1.54) is 5.56 Å². The summed E-state index contributed by atoms with van der Waals surface area (Å²) in [5.41, 5.74) is 3.62. The van der Waals surface area contributed by atoms with Gasteiger partial charge >= 0.3 is 6.09 Å². The summed E-state index contributed by atoms with van der Waals surface area (Å²) < 4.78 is 0. The van der Waals surface area contributed by atoms with Gasteiger partial charge in [0, 0.05) is 24.7 Å². The maximum atomic E-state index is 11.4. The van der Waals surface area contributed by atoms with Gasteiger partial charge in [0.05, 0.1) is 18.3 Å². The molecule has 2 heterocycles. The summed E-state index contributed by atoms with van der Waals surface area (Å²) in [6, 6.07) is 7.94. The van der Waals surface area contributed by atoms with Gasteiger partial charge in [-0.3, -0.25) is 4.98 Å². The Morgan fingerprint density at radius 2 is 2.07 bits per heavy atom. The van der Waals surface area contributed by atoms with Crippen LogP contribution < -0.4 is 10.2 Å². The highest BCUT2D eigenvalue weighted by atomic mass is 16.4. The van der Waals surface area contributed by atoms with E-state index < -0.39 is 6.09 Å². The van der Waals surface area contributed by atoms with E-state index in [-0.39, 0.29) is 18.1 Å². The van der Waals surface area contributed by atoms with E-state index in [9.17, 15) is 15.0 Å². The normalized spacial score (nSPS) is 20.5. The zero-order valence-electron chi connectivity index (χ0n) is 15.4. The molecule has 1 aromatic heterocycles. The Morgan fingerprint density at radius 1 is 1.33 bits per heavy atom. The Kier molecular flexibility index (Phi) is 4.47. The van der Waals surface area contributed by atoms with Crippen molar-refractivity contribution in [3.8, 4) is 0 Å². The monoisotopic (exact) mass is 368 g/mol. The molecule has 1 aliphatic carbocycles. The van der Waals surface area contributed by atoms with E-state index in [0.29, 0.717) is 5.69 Å². The smallest absolute Gasteiger partial charge is 0.405 e. The van der Waals surface area contributed by atoms with E-state index in [0.717, 1.165) is 49.4 Å². The second kappa shape index (κ2) is 6.81. The Labute approximate surface area is 158 Å². The van der Waals surface area contributed by atoms with Crippen molar-refractivity contribution in [3.63, 3.8) is 0 Å². The molecule has 0 bridgehead atoms. The van der Waals surface area contributed by atoms with Crippen LogP contribution in [0.1, 0.15) is 41.4 Å². The molecule has 0 unspecified atom stereocenters. The minimum Gasteiger partial charge on any atom is -0.465 e. The molecule has 7 heteroatoms. The van der Waals surface area contributed by atoms with Crippen LogP contribution in [0.2, 0.25) is 0 Å². The van der Waals surface area contributed by atoms with Gasteiger partial charge in [-0.2, -0.15) is 0 Å². The minimum atomic E-state index is -0.981. The number of nitrogens with zero attached hydrogens (tertiary/aromatic N) is 3. The Morgan fingerprint density at radius 3 is 2.78 bits per heavy atom. The predicted molar refractivity (Wildman–Crippen MR) is 101 cm³/mol. The van der Waals surface area contributed by atoms with Crippen LogP contribution in [-0.2, 0) is 13.0 Å². The fraction of sp³-hybridized carbons (Fsp3) is 0.450. The average molecular weight is 368 g/mol. The summed E-state index contributed by atoms with van der Waals surface area (Å²) >= 11 is 0. The fourth-order valence-corrected chi connectivity index (χ4v) is 4.63. The number of aromatic nitrogens is 2. The Hall–Kier alpha value is -2.67. The van der Waals surface area contributed by atoms with Crippen molar-refractivity contribution in [2.45, 2.75) is 38.8 Å². The number of hydrogen-bond donors (Lipinski definition) is 3. The Bertz CT molecular complexity index is 862. The summed E-state index contributed by atoms with van der Waals surface area (Å²) in [7, 11) is 0. The number of carbonyl (C=O) groups is 1. The van der Waals surface area contributed by atoms with Crippen LogP contribution >= 0.6 is 0 Å². The lowest BCUT2D eigenvalue weighted by Gasteiger charge is -2.43. The number of rotatable bonds is 3. The third-order valence-corrected chi connectivity index (χ3v) is 5.94. The molecule has 0 radical (unpaired) electrons. The maximum absolute atomic E-state index is 11.4. The van der Waals surface area contributed by atoms with Crippen molar-refractivity contribution in [1.82, 2.24) is 15.3 Å². The molecule has 2 aliphatic rings. The molecule has 4 rings (SSSR count). The second-order valence-electron chi connectivity index (χ2n) is 7.55. The quantitative estimate of drug-likeness (QED) is 0.770. The first-order chi connectivity index (χ1) is 13.0. The largest absolute Gasteiger partial charge is 0.465 e. The Balaban J connectivity index is 1.59. The third kappa shape index (κ3) is 3.12. The first-order valence-electron chi connectivity index (χ1n) is 9.28. The number of carboxylic acid groups (broad SMARTS) is 1. The zero-order valence-corrected chi connectivity index (χ0v) is 15.4. The van der Waals surface area contributed by atoms with Crippen LogP contribution in [0, 0.1) is 12.3 Å². The van der Waals surface area contributed by atoms with Gasteiger partial charge in [0.15, 0.2) is 5.82 Å². The lowest BCUT2D eigenvalue weighted by Crippen LogP contribution is -2.47. The highest BCUT2D eigenvalue weighted by Crippen LogP contribution is 2.52. The van der Waals surface area contributed by atoms with Gasteiger partial charge in [-0.15, -0.1) is 0 Å². The molecule has 7 nitrogen and oxygen atoms in total. The number of aliphatic hydroxyl groups is 1. The molecule has 27 heavy (non-hydrogen) atoms. The van der Waals surface area contributed by atoms with Gasteiger partial charge in [0.1, 0.15) is 5.69 Å². The number of fused-ring (bicyclic) bond motifs is 1. The van der Waals surface area contributed by atoms with Crippen molar-refractivity contribution in [2.24, 2.45) is 5.41 Å². The first-order valence-corrected chi connectivity index (χ1v) is 9.28. The number of aryl methyl sites for hydroxylation is 1. The standard InChI is InChI=1S/C20H24N4O3/c1-13-11-21-16(12-25)18(22-13)24-8-6-20(7-9-24)10-14-4-2-3-5-15(14)17(20)23-19(26)27/h2-5,11,17,23,25H,6-10,12H2,1H3,(H,26,27)/t17-/m0/s1. The van der Waals surface area contributed by atoms with Gasteiger partial charge in [-0.05, 0) is 37.3 Å². The molecular weight excluding hydrogens is 344 g/mol. The molecule has 3 N–H and O–H groups in total. The van der Waals surface area contributed by atoms with Crippen LogP contribution in [0.4, 0.5) is 10.6 Å². The fourth-order valence-electron chi connectivity index (χ4n) is 4.63. The van der Waals surface area contributed by atoms with Crippen LogP contribution in [0.25, 0.3) is 0 Å². The van der Waals surface area contributed by atoms with Crippen molar-refractivity contribution < 1.29 is 15.0 Å². The van der Waals surface area contributed by atoms with E-state index >= 15 is 0 Å². The molecule has 142 valence electrons. The summed E-state index contributed by atoms with van der Waals surface area (Å²) in [6.45, 7) is 3.27. The summed E-state index contributed by atoms with van der Waals surface area (Å²) in [5, 5.41) is 21.7. The highest BCUT2D eigenvalue weighted by molar-refractivity contribution is 5.66. The summed E-state index contributed by atoms with van der Waals surface area (Å²) in [5.74, 6) is 0.741. The van der Waals surface area contributed by atoms with Crippen molar-refractivity contribution in [3.05, 3.63) is 53.0 Å². The maximum Gasteiger partial charge on any atom is 0.405 e. The van der Waals surface area contributed by atoms with Crippen LogP contribution in [-0.4, -0.2) is 39.4 Å². The van der Waals surface area contributed by atoms with Gasteiger partial charge in [0.2, 0.25) is 0 Å². The third-order valence-electron chi connectivity index (χ3n) is 5.94. The lowest BCUT2D eigenvalue weighted by molar-refractivity contribution is 0.141. The van der Waals surface area contributed by atoms with Crippen molar-refractivity contribution in [2.75, 3.05) is 18.0 Å². The van der Waals surface area contributed by atoms with Crippen LogP contribution in [0.15, 0.2) is 30.5 Å². The molecule has 0 saturated carbocycles. The van der Waals surface area contributed by atoms with Crippen LogP contribution in [0.5, 0.6) is 0 Å². The molecule has 1 saturated heterocycles. The number of anilines is 1. The second-order valence-corrected chi connectivity index (χ2v) is 7.55. The molecule has 1 spiro atoms. The lowest BCUT2D eigenvalue weighted by atomic mass is 9.72. The molecule has 1 aliphatic heterocycles. The molecule has 1 fully saturated rings. The van der Waals surface area contributed by atoms with E-state index in [2.05, 4.69) is 26.3 Å². The van der Waals surface area contributed by atoms with Gasteiger partial charge in [-0.25, -0.2) is 9.78 Å². The van der Waals surface area contributed by atoms with Gasteiger partial charge in [-0.1, -0.05) is 24.3 Å². The molecular formula is C20H24N4O3. The number of hydrogen-bond acceptors (Lipinski definition) is 5. The van der Waals surface area contributed by atoms with Crippen molar-refractivity contribution >= 4 is 11.9 Å². The first kappa shape index (κ1) is 17.7. The highest BCUT2D eigenvalue weighted by Gasteiger charge is 2.48. The molecule has 1 atom stereocenters. The van der Waals surface area contributed by atoms with E-state index in [4.69, 9.17) is 0 Å². The predicted octanol–water partition coefficient (Wildman–Crippen LogP) is 2.43. The number of amides is 1. The topological polar surface area (TPSA) is 98.6 Å². The molecule has 1 aromatic carbocycles. The molecule has 2 aromatic rings. The molecule has 1 amide bonds. The SMILES string of the molecule is Cc1cnc(CO)c(N2CCC3(CC2)Cc2ccccc2[C@@H]3NC(=O)O)n1. The van der Waals surface area contributed by atoms with Crippen molar-refractivity contribution in [1.29, 1.82) is 0 Å². The minimum absolute atomic E-state index is 0.116. The van der Waals surface area contributed by atoms with E-state index in [1.54, 1.807) is 6.20 Å². The number of piperidine rings is 1. The van der Waals surface area contributed by atoms with Crippen LogP contribution in [0.3, 0.4) is 0 Å². The zero-order chi connectivity index (χ0) is 19.0. The summed E-state index contributed by atoms with van der Waals surface area (Å²) in [6.07, 6.45) is 3.28. The van der Waals surface area contributed by atoms with Gasteiger partial charge < -0.3 is 20.4 Å². The average Bonchev–Trinajstić information content (AvgIpc) is 2.95. The number of nitrogens with one attached hydrogen (secondary N) is 1. The van der Waals surface area contributed by atoms with Gasteiger partial charge in [0.25, 0.3) is 0 Å². The number of aliphatic hydroxyl groups excluding tert-OH is 1. The number of benzene rings is 1. The summed E-state index contributed by atoms with van der Waals surface area (Å²) in [4.78, 5) is 22.5. The van der Waals surface area contributed by atoms with E-state index in [1.807, 2.05) is 25.1 Å².